The predicted molar refractivity (Wildman–Crippen MR) is 128 cm³/mol. The third-order valence-electron chi connectivity index (χ3n) is 5.75. The number of aromatic carboxylic acids is 1. The summed E-state index contributed by atoms with van der Waals surface area (Å²) >= 11 is 1.44. The van der Waals surface area contributed by atoms with Gasteiger partial charge in [-0.2, -0.15) is 4.58 Å². The molecule has 0 radical (unpaired) electrons. The molecule has 6 nitrogen and oxygen atoms in total. The molecule has 0 bridgehead atoms. The van der Waals surface area contributed by atoms with Gasteiger partial charge in [0.15, 0.2) is 17.2 Å². The lowest BCUT2D eigenvalue weighted by molar-refractivity contribution is -0.452. The quantitative estimate of drug-likeness (QED) is 0.357. The maximum atomic E-state index is 14.5. The zero-order chi connectivity index (χ0) is 24.2. The van der Waals surface area contributed by atoms with E-state index in [1.807, 2.05) is 19.2 Å². The van der Waals surface area contributed by atoms with Gasteiger partial charge in [0.05, 0.1) is 25.2 Å². The lowest BCUT2D eigenvalue weighted by Crippen LogP contribution is -2.51. The van der Waals surface area contributed by atoms with E-state index in [0.29, 0.717) is 43.1 Å². The molecule has 1 heterocycles. The fourth-order valence-corrected chi connectivity index (χ4v) is 4.70. The maximum Gasteiger partial charge on any atom is 0.411 e. The number of aryl methyl sites for hydroxylation is 1. The third-order valence-corrected chi connectivity index (χ3v) is 6.86. The van der Waals surface area contributed by atoms with Gasteiger partial charge in [0.1, 0.15) is 11.6 Å². The lowest BCUT2D eigenvalue weighted by atomic mass is 10.0. The van der Waals surface area contributed by atoms with E-state index in [4.69, 9.17) is 4.74 Å². The van der Waals surface area contributed by atoms with Crippen LogP contribution in [0.1, 0.15) is 28.4 Å². The average Bonchev–Trinajstić information content (AvgIpc) is 2.80. The van der Waals surface area contributed by atoms with Gasteiger partial charge in [-0.15, -0.1) is 11.8 Å². The number of hydrogen-bond acceptors (Lipinski definition) is 5. The second kappa shape index (κ2) is 10.3. The van der Waals surface area contributed by atoms with Crippen molar-refractivity contribution in [3.8, 4) is 5.75 Å². The number of benzene rings is 2. The molecule has 8 heteroatoms. The smallest absolute Gasteiger partial charge is 0.411 e. The summed E-state index contributed by atoms with van der Waals surface area (Å²) in [4.78, 5) is 24.5. The molecule has 1 aliphatic rings. The Morgan fingerprint density at radius 1 is 1.27 bits per heavy atom. The molecule has 0 aromatic heterocycles. The Kier molecular flexibility index (Phi) is 7.71. The molecular weight excluding hydrogens is 443 g/mol. The van der Waals surface area contributed by atoms with Crippen molar-refractivity contribution in [2.45, 2.75) is 18.8 Å². The van der Waals surface area contributed by atoms with Gasteiger partial charge in [-0.1, -0.05) is 18.7 Å². The lowest BCUT2D eigenvalue weighted by Gasteiger charge is -2.38. The first kappa shape index (κ1) is 24.7. The molecule has 2 aromatic carbocycles. The first-order valence-electron chi connectivity index (χ1n) is 10.5. The number of ether oxygens (including phenoxy) is 1. The number of nitrogens with zero attached hydrogens (tertiary/aromatic N) is 2. The molecule has 33 heavy (non-hydrogen) atoms. The first-order chi connectivity index (χ1) is 15.7. The summed E-state index contributed by atoms with van der Waals surface area (Å²) in [6.07, 6.45) is 3.21. The molecule has 1 aliphatic heterocycles. The Hall–Kier alpha value is -2.97. The highest BCUT2D eigenvalue weighted by Crippen LogP contribution is 2.39. The molecule has 1 amide bonds. The molecule has 174 valence electrons. The molecule has 0 saturated carbocycles. The molecule has 1 N–H and O–H groups in total. The van der Waals surface area contributed by atoms with Crippen molar-refractivity contribution in [3.05, 3.63) is 77.6 Å². The molecule has 2 aromatic rings. The van der Waals surface area contributed by atoms with E-state index in [9.17, 15) is 19.1 Å². The van der Waals surface area contributed by atoms with E-state index in [1.165, 1.54) is 36.0 Å². The van der Waals surface area contributed by atoms with Crippen LogP contribution >= 0.6 is 11.8 Å². The molecule has 3 rings (SSSR count). The number of carboxylic acids is 1. The molecular formula is C25H28FN2O4S+. The zero-order valence-corrected chi connectivity index (χ0v) is 19.8. The van der Waals surface area contributed by atoms with Gasteiger partial charge in [-0.05, 0) is 49.1 Å². The topological polar surface area (TPSA) is 69.8 Å². The molecule has 0 fully saturated rings. The average molecular weight is 472 g/mol. The number of rotatable bonds is 8. The van der Waals surface area contributed by atoms with Gasteiger partial charge >= 0.3 is 11.9 Å². The van der Waals surface area contributed by atoms with Crippen molar-refractivity contribution < 1.29 is 28.4 Å². The zero-order valence-electron chi connectivity index (χ0n) is 19.0. The monoisotopic (exact) mass is 471 g/mol. The Morgan fingerprint density at radius 3 is 2.52 bits per heavy atom. The van der Waals surface area contributed by atoms with Crippen LogP contribution in [0.2, 0.25) is 0 Å². The van der Waals surface area contributed by atoms with Gasteiger partial charge < -0.3 is 9.84 Å². The van der Waals surface area contributed by atoms with Crippen molar-refractivity contribution in [2.75, 3.05) is 32.4 Å². The van der Waals surface area contributed by atoms with Crippen LogP contribution < -0.4 is 4.74 Å². The predicted octanol–water partition coefficient (Wildman–Crippen LogP) is 3.93. The minimum absolute atomic E-state index is 0.126. The number of thioether (sulfide) groups is 1. The number of halogens is 1. The van der Waals surface area contributed by atoms with Crippen molar-refractivity contribution in [1.29, 1.82) is 0 Å². The van der Waals surface area contributed by atoms with E-state index in [0.717, 1.165) is 5.71 Å². The minimum Gasteiger partial charge on any atom is -0.478 e. The number of hydrogen-bond donors (Lipinski definition) is 1. The Morgan fingerprint density at radius 2 is 1.97 bits per heavy atom. The van der Waals surface area contributed by atoms with Gasteiger partial charge in [-0.3, -0.25) is 4.90 Å². The Bertz CT molecular complexity index is 1100. The van der Waals surface area contributed by atoms with Crippen LogP contribution in [0.5, 0.6) is 5.75 Å². The summed E-state index contributed by atoms with van der Waals surface area (Å²) in [6, 6.07) is 11.3. The van der Waals surface area contributed by atoms with Crippen LogP contribution in [-0.2, 0) is 9.73 Å². The summed E-state index contributed by atoms with van der Waals surface area (Å²) in [5, 5.41) is 9.18. The number of carbonyl (C=O) groups is 2. The van der Waals surface area contributed by atoms with E-state index < -0.39 is 10.9 Å². The van der Waals surface area contributed by atoms with Crippen LogP contribution in [0.3, 0.4) is 0 Å². The summed E-state index contributed by atoms with van der Waals surface area (Å²) < 4.78 is 22.7. The Labute approximate surface area is 197 Å². The van der Waals surface area contributed by atoms with Crippen molar-refractivity contribution in [3.63, 3.8) is 0 Å². The highest BCUT2D eigenvalue weighted by Gasteiger charge is 2.39. The highest BCUT2D eigenvalue weighted by atomic mass is 32.2. The highest BCUT2D eigenvalue weighted by molar-refractivity contribution is 7.99. The fourth-order valence-electron chi connectivity index (χ4n) is 3.85. The maximum absolute atomic E-state index is 14.5. The second-order valence-electron chi connectivity index (χ2n) is 7.99. The number of amides is 1. The molecule has 0 saturated heterocycles. The first-order valence-corrected chi connectivity index (χ1v) is 11.7. The van der Waals surface area contributed by atoms with Gasteiger partial charge in [0, 0.05) is 18.6 Å². The number of carboxylic acid groups (broad SMARTS) is 1. The van der Waals surface area contributed by atoms with Gasteiger partial charge in [0.2, 0.25) is 0 Å². The fraction of sp³-hybridized carbons (Fsp3) is 0.320. The van der Waals surface area contributed by atoms with Crippen molar-refractivity contribution in [2.24, 2.45) is 0 Å². The normalized spacial score (nSPS) is 16.2. The molecule has 1 unspecified atom stereocenters. The van der Waals surface area contributed by atoms with E-state index in [2.05, 4.69) is 11.5 Å². The Balaban J connectivity index is 1.97. The van der Waals surface area contributed by atoms with E-state index >= 15 is 0 Å². The standard InChI is InChI=1S/C25H27FN2O4S/c1-5-23(29)28-13-12-27(15-18(28)3)16-25(33-4,20-9-6-17(2)22(26)14-20)32-21-10-7-19(8-11-21)24(30)31/h5-11,14H,1,12-13,15-16H2,2-4H3/p+1. The second-order valence-corrected chi connectivity index (χ2v) is 9.06. The number of carbonyl (C=O) groups excluding carboxylic acids is 1. The van der Waals surface area contributed by atoms with E-state index in [-0.39, 0.29) is 17.3 Å². The molecule has 0 aliphatic carbocycles. The molecule has 1 atom stereocenters. The van der Waals surface area contributed by atoms with Gasteiger partial charge in [-0.25, -0.2) is 14.0 Å². The van der Waals surface area contributed by atoms with Crippen LogP contribution in [0.25, 0.3) is 0 Å². The third kappa shape index (κ3) is 5.51. The minimum atomic E-state index is -1.02. The van der Waals surface area contributed by atoms with Crippen molar-refractivity contribution >= 4 is 29.4 Å². The summed E-state index contributed by atoms with van der Waals surface area (Å²) in [5.41, 5.74) is 2.27. The summed E-state index contributed by atoms with van der Waals surface area (Å²) in [6.45, 7) is 9.32. The summed E-state index contributed by atoms with van der Waals surface area (Å²) in [5.74, 6) is -0.980. The van der Waals surface area contributed by atoms with Crippen molar-refractivity contribution in [1.82, 2.24) is 4.90 Å². The van der Waals surface area contributed by atoms with E-state index in [1.54, 1.807) is 29.7 Å². The van der Waals surface area contributed by atoms with Crippen LogP contribution in [0.15, 0.2) is 55.1 Å². The largest absolute Gasteiger partial charge is 0.478 e. The van der Waals surface area contributed by atoms with Crippen LogP contribution in [0, 0.1) is 12.7 Å². The SMILES string of the molecule is C=CC(=O)[N+]1=C(C)CN(CC(Oc2ccc(C(=O)O)cc2)(SC)c2ccc(C)c(F)c2)CC1. The molecule has 0 spiro atoms. The summed E-state index contributed by atoms with van der Waals surface area (Å²) in [7, 11) is 0. The van der Waals surface area contributed by atoms with Gasteiger partial charge in [0.25, 0.3) is 0 Å². The van der Waals surface area contributed by atoms with Crippen LogP contribution in [0.4, 0.5) is 4.39 Å². The van der Waals surface area contributed by atoms with Crippen LogP contribution in [-0.4, -0.2) is 64.6 Å².